The van der Waals surface area contributed by atoms with E-state index in [2.05, 4.69) is 4.40 Å². The first-order valence-corrected chi connectivity index (χ1v) is 11.3. The Kier molecular flexibility index (Phi) is 5.44. The zero-order chi connectivity index (χ0) is 20.6. The molecule has 0 unspecified atom stereocenters. The van der Waals surface area contributed by atoms with Crippen molar-refractivity contribution in [3.8, 4) is 0 Å². The van der Waals surface area contributed by atoms with Gasteiger partial charge < -0.3 is 14.5 Å². The average Bonchev–Trinajstić information content (AvgIpc) is 3.21. The monoisotopic (exact) mass is 421 g/mol. The highest BCUT2D eigenvalue weighted by Gasteiger charge is 2.35. The van der Waals surface area contributed by atoms with Gasteiger partial charge in [0.05, 0.1) is 0 Å². The fourth-order valence-corrected chi connectivity index (χ4v) is 5.59. The number of nitrogens with zero attached hydrogens (tertiary/aromatic N) is 3. The standard InChI is InChI=1S/C20H24FN3O4S/c1-14-18(15-5-7-16(21)8-6-15)29(26,27)22-19(14)23-9-3-10-24(12-11-23)20(25)17-4-2-13-28-17/h5-8,17H,2-4,9-13H2,1H3/t17-/m1/s1. The van der Waals surface area contributed by atoms with Gasteiger partial charge in [0, 0.05) is 38.4 Å². The Labute approximate surface area is 169 Å². The molecule has 3 aliphatic heterocycles. The van der Waals surface area contributed by atoms with E-state index in [1.807, 2.05) is 4.90 Å². The summed E-state index contributed by atoms with van der Waals surface area (Å²) in [6.45, 7) is 4.57. The second kappa shape index (κ2) is 7.87. The zero-order valence-corrected chi connectivity index (χ0v) is 17.1. The Hall–Kier alpha value is -2.26. The van der Waals surface area contributed by atoms with Crippen LogP contribution in [-0.2, 0) is 19.6 Å². The highest BCUT2D eigenvalue weighted by molar-refractivity contribution is 8.00. The Morgan fingerprint density at radius 3 is 2.59 bits per heavy atom. The van der Waals surface area contributed by atoms with Gasteiger partial charge in [-0.25, -0.2) is 4.39 Å². The molecule has 9 heteroatoms. The van der Waals surface area contributed by atoms with Crippen LogP contribution in [0.15, 0.2) is 34.2 Å². The fraction of sp³-hybridized carbons (Fsp3) is 0.500. The molecule has 0 aliphatic carbocycles. The minimum absolute atomic E-state index is 0.0181. The molecular formula is C20H24FN3O4S. The van der Waals surface area contributed by atoms with Crippen molar-refractivity contribution in [1.82, 2.24) is 9.80 Å². The van der Waals surface area contributed by atoms with Crippen LogP contribution >= 0.6 is 0 Å². The number of rotatable bonds is 2. The molecule has 1 amide bonds. The predicted molar refractivity (Wildman–Crippen MR) is 107 cm³/mol. The SMILES string of the molecule is CC1=C(c2ccc(F)cc2)S(=O)(=O)N=C1N1CCCN(C(=O)[C@H]2CCCO2)CC1. The lowest BCUT2D eigenvalue weighted by molar-refractivity contribution is -0.140. The van der Waals surface area contributed by atoms with Gasteiger partial charge in [0.25, 0.3) is 15.9 Å². The third-order valence-corrected chi connectivity index (χ3v) is 7.03. The molecule has 156 valence electrons. The summed E-state index contributed by atoms with van der Waals surface area (Å²) < 4.78 is 48.2. The number of carbonyl (C=O) groups is 1. The summed E-state index contributed by atoms with van der Waals surface area (Å²) in [6, 6.07) is 5.39. The molecule has 1 aromatic carbocycles. The van der Waals surface area contributed by atoms with Crippen molar-refractivity contribution in [3.05, 3.63) is 41.2 Å². The summed E-state index contributed by atoms with van der Waals surface area (Å²) in [5.41, 5.74) is 0.975. The van der Waals surface area contributed by atoms with Crippen molar-refractivity contribution in [3.63, 3.8) is 0 Å². The number of carbonyl (C=O) groups excluding carboxylic acids is 1. The van der Waals surface area contributed by atoms with Gasteiger partial charge >= 0.3 is 0 Å². The Morgan fingerprint density at radius 1 is 1.14 bits per heavy atom. The largest absolute Gasteiger partial charge is 0.368 e. The predicted octanol–water partition coefficient (Wildman–Crippen LogP) is 2.01. The highest BCUT2D eigenvalue weighted by Crippen LogP contribution is 2.34. The maximum atomic E-state index is 13.2. The molecule has 0 aromatic heterocycles. The van der Waals surface area contributed by atoms with Crippen LogP contribution in [0.2, 0.25) is 0 Å². The van der Waals surface area contributed by atoms with E-state index in [9.17, 15) is 17.6 Å². The number of halogens is 1. The molecule has 1 atom stereocenters. The lowest BCUT2D eigenvalue weighted by atomic mass is 10.1. The molecule has 0 bridgehead atoms. The van der Waals surface area contributed by atoms with Gasteiger partial charge in [0.15, 0.2) is 0 Å². The lowest BCUT2D eigenvalue weighted by Crippen LogP contribution is -2.41. The summed E-state index contributed by atoms with van der Waals surface area (Å²) in [7, 11) is -3.85. The molecule has 7 nitrogen and oxygen atoms in total. The first-order chi connectivity index (χ1) is 13.9. The van der Waals surface area contributed by atoms with Crippen molar-refractivity contribution in [2.45, 2.75) is 32.3 Å². The molecular weight excluding hydrogens is 397 g/mol. The Bertz CT molecular complexity index is 966. The lowest BCUT2D eigenvalue weighted by Gasteiger charge is -2.25. The fourth-order valence-electron chi connectivity index (χ4n) is 4.11. The number of amides is 1. The summed E-state index contributed by atoms with van der Waals surface area (Å²) in [5.74, 6) is 0.00685. The minimum atomic E-state index is -3.85. The maximum absolute atomic E-state index is 13.2. The molecule has 4 rings (SSSR count). The molecule has 3 heterocycles. The summed E-state index contributed by atoms with van der Waals surface area (Å²) >= 11 is 0. The van der Waals surface area contributed by atoms with Crippen LogP contribution in [0.3, 0.4) is 0 Å². The molecule has 1 aromatic rings. The summed E-state index contributed by atoms with van der Waals surface area (Å²) in [5, 5.41) is 0. The topological polar surface area (TPSA) is 79.3 Å². The first kappa shape index (κ1) is 20.0. The number of sulfonamides is 1. The quantitative estimate of drug-likeness (QED) is 0.730. The zero-order valence-electron chi connectivity index (χ0n) is 16.3. The molecule has 0 spiro atoms. The number of benzene rings is 1. The first-order valence-electron chi connectivity index (χ1n) is 9.84. The van der Waals surface area contributed by atoms with E-state index in [1.165, 1.54) is 24.3 Å². The summed E-state index contributed by atoms with van der Waals surface area (Å²) in [6.07, 6.45) is 2.03. The third kappa shape index (κ3) is 3.93. The van der Waals surface area contributed by atoms with Crippen molar-refractivity contribution in [2.24, 2.45) is 4.40 Å². The number of hydrogen-bond donors (Lipinski definition) is 0. The van der Waals surface area contributed by atoms with Crippen LogP contribution < -0.4 is 0 Å². The highest BCUT2D eigenvalue weighted by atomic mass is 32.2. The number of hydrogen-bond acceptors (Lipinski definition) is 5. The van der Waals surface area contributed by atoms with Crippen LogP contribution in [0.5, 0.6) is 0 Å². The van der Waals surface area contributed by atoms with Gasteiger partial charge in [-0.1, -0.05) is 12.1 Å². The van der Waals surface area contributed by atoms with Crippen LogP contribution in [0, 0.1) is 5.82 Å². The van der Waals surface area contributed by atoms with E-state index in [0.29, 0.717) is 49.8 Å². The van der Waals surface area contributed by atoms with Gasteiger partial charge in [0.1, 0.15) is 22.7 Å². The Morgan fingerprint density at radius 2 is 1.90 bits per heavy atom. The molecule has 29 heavy (non-hydrogen) atoms. The average molecular weight is 421 g/mol. The van der Waals surface area contributed by atoms with Crippen LogP contribution in [0.25, 0.3) is 4.91 Å². The van der Waals surface area contributed by atoms with Crippen molar-refractivity contribution in [1.29, 1.82) is 0 Å². The van der Waals surface area contributed by atoms with E-state index in [0.717, 1.165) is 19.3 Å². The molecule has 2 fully saturated rings. The number of amidine groups is 1. The normalized spacial score (nSPS) is 24.6. The molecule has 0 N–H and O–H groups in total. The van der Waals surface area contributed by atoms with Gasteiger partial charge in [0.2, 0.25) is 0 Å². The molecule has 2 saturated heterocycles. The van der Waals surface area contributed by atoms with E-state index in [-0.39, 0.29) is 16.9 Å². The van der Waals surface area contributed by atoms with Crippen molar-refractivity contribution < 1.29 is 22.3 Å². The second-order valence-electron chi connectivity index (χ2n) is 7.52. The van der Waals surface area contributed by atoms with Gasteiger partial charge in [-0.2, -0.15) is 8.42 Å². The molecule has 3 aliphatic rings. The van der Waals surface area contributed by atoms with Gasteiger partial charge in [-0.05, 0) is 43.9 Å². The van der Waals surface area contributed by atoms with Crippen molar-refractivity contribution >= 4 is 26.7 Å². The molecule has 0 saturated carbocycles. The van der Waals surface area contributed by atoms with Crippen LogP contribution in [-0.4, -0.2) is 68.9 Å². The number of ether oxygens (including phenoxy) is 1. The Balaban J connectivity index is 1.53. The van der Waals surface area contributed by atoms with E-state index >= 15 is 0 Å². The smallest absolute Gasteiger partial charge is 0.285 e. The maximum Gasteiger partial charge on any atom is 0.285 e. The molecule has 0 radical (unpaired) electrons. The third-order valence-electron chi connectivity index (χ3n) is 5.56. The van der Waals surface area contributed by atoms with Crippen LogP contribution in [0.1, 0.15) is 31.7 Å². The van der Waals surface area contributed by atoms with Gasteiger partial charge in [-0.3, -0.25) is 4.79 Å². The summed E-state index contributed by atoms with van der Waals surface area (Å²) in [4.78, 5) is 16.5. The van der Waals surface area contributed by atoms with E-state index in [4.69, 9.17) is 4.74 Å². The van der Waals surface area contributed by atoms with Crippen LogP contribution in [0.4, 0.5) is 4.39 Å². The van der Waals surface area contributed by atoms with Crippen molar-refractivity contribution in [2.75, 3.05) is 32.8 Å². The van der Waals surface area contributed by atoms with E-state index in [1.54, 1.807) is 11.8 Å². The second-order valence-corrected chi connectivity index (χ2v) is 9.06. The minimum Gasteiger partial charge on any atom is -0.368 e. The van der Waals surface area contributed by atoms with E-state index < -0.39 is 15.8 Å². The van der Waals surface area contributed by atoms with Gasteiger partial charge in [-0.15, -0.1) is 4.40 Å².